The van der Waals surface area contributed by atoms with Crippen LogP contribution in [0.15, 0.2) is 47.4 Å². The molecule has 5 heteroatoms. The minimum atomic E-state index is 0.0265. The van der Waals surface area contributed by atoms with Crippen LogP contribution in [-0.4, -0.2) is 36.3 Å². The maximum Gasteiger partial charge on any atom is 0.255 e. The molecule has 1 amide bonds. The molecule has 0 atom stereocenters. The van der Waals surface area contributed by atoms with Gasteiger partial charge in [0.05, 0.1) is 5.56 Å². The molecule has 1 heterocycles. The molecular formula is C20H23NO3S. The number of benzene rings is 2. The summed E-state index contributed by atoms with van der Waals surface area (Å²) in [5.41, 5.74) is 1.77. The van der Waals surface area contributed by atoms with Gasteiger partial charge >= 0.3 is 0 Å². The molecule has 0 fully saturated rings. The van der Waals surface area contributed by atoms with E-state index in [-0.39, 0.29) is 5.91 Å². The zero-order chi connectivity index (χ0) is 17.8. The van der Waals surface area contributed by atoms with E-state index < -0.39 is 0 Å². The van der Waals surface area contributed by atoms with Crippen LogP contribution in [-0.2, 0) is 6.54 Å². The van der Waals surface area contributed by atoms with Crippen molar-refractivity contribution in [2.45, 2.75) is 30.5 Å². The first-order valence-electron chi connectivity index (χ1n) is 8.44. The van der Waals surface area contributed by atoms with E-state index in [0.717, 1.165) is 27.5 Å². The topological polar surface area (TPSA) is 38.8 Å². The molecule has 132 valence electrons. The van der Waals surface area contributed by atoms with E-state index in [4.69, 9.17) is 9.47 Å². The van der Waals surface area contributed by atoms with Crippen LogP contribution in [0.4, 0.5) is 0 Å². The molecule has 0 spiro atoms. The molecule has 0 saturated heterocycles. The molecule has 2 aromatic rings. The van der Waals surface area contributed by atoms with Crippen molar-refractivity contribution in [1.29, 1.82) is 0 Å². The van der Waals surface area contributed by atoms with E-state index in [9.17, 15) is 4.79 Å². The summed E-state index contributed by atoms with van der Waals surface area (Å²) in [6.07, 6.45) is 0. The van der Waals surface area contributed by atoms with Crippen LogP contribution < -0.4 is 9.47 Å². The molecule has 0 radical (unpaired) electrons. The average molecular weight is 357 g/mol. The van der Waals surface area contributed by atoms with Crippen LogP contribution in [0.5, 0.6) is 11.5 Å². The van der Waals surface area contributed by atoms with Gasteiger partial charge in [0.1, 0.15) is 13.2 Å². The molecule has 1 aliphatic rings. The molecule has 0 unspecified atom stereocenters. The van der Waals surface area contributed by atoms with Gasteiger partial charge in [-0.1, -0.05) is 32.0 Å². The van der Waals surface area contributed by atoms with Crippen LogP contribution in [0.25, 0.3) is 0 Å². The number of ether oxygens (including phenoxy) is 2. The van der Waals surface area contributed by atoms with Gasteiger partial charge in [0, 0.05) is 23.7 Å². The number of nitrogens with zero attached hydrogens (tertiary/aromatic N) is 1. The van der Waals surface area contributed by atoms with Crippen LogP contribution in [0, 0.1) is 0 Å². The predicted octanol–water partition coefficient (Wildman–Crippen LogP) is 4.23. The molecule has 0 aromatic heterocycles. The first-order valence-corrected chi connectivity index (χ1v) is 9.32. The van der Waals surface area contributed by atoms with Crippen molar-refractivity contribution in [3.8, 4) is 11.5 Å². The summed E-state index contributed by atoms with van der Waals surface area (Å²) in [4.78, 5) is 15.7. The lowest BCUT2D eigenvalue weighted by molar-refractivity contribution is 0.0781. The second kappa shape index (κ2) is 7.83. The van der Waals surface area contributed by atoms with E-state index in [0.29, 0.717) is 25.0 Å². The number of carbonyl (C=O) groups is 1. The van der Waals surface area contributed by atoms with Crippen LogP contribution >= 0.6 is 11.8 Å². The number of carbonyl (C=O) groups excluding carboxylic acids is 1. The van der Waals surface area contributed by atoms with Crippen molar-refractivity contribution < 1.29 is 14.3 Å². The molecule has 0 aliphatic carbocycles. The first kappa shape index (κ1) is 17.7. The fourth-order valence-electron chi connectivity index (χ4n) is 2.74. The molecule has 0 bridgehead atoms. The van der Waals surface area contributed by atoms with Gasteiger partial charge in [0.2, 0.25) is 0 Å². The Labute approximate surface area is 153 Å². The van der Waals surface area contributed by atoms with Gasteiger partial charge < -0.3 is 14.4 Å². The number of hydrogen-bond donors (Lipinski definition) is 0. The maximum absolute atomic E-state index is 12.9. The highest BCUT2D eigenvalue weighted by molar-refractivity contribution is 8.00. The second-order valence-electron chi connectivity index (χ2n) is 6.30. The quantitative estimate of drug-likeness (QED) is 0.751. The monoisotopic (exact) mass is 357 g/mol. The SMILES string of the molecule is CC(C)Sc1ccccc1C(=O)N(C)Cc1ccc2c(c1)OCCO2. The molecule has 25 heavy (non-hydrogen) atoms. The Hall–Kier alpha value is -2.14. The fourth-order valence-corrected chi connectivity index (χ4v) is 3.68. The van der Waals surface area contributed by atoms with Crippen molar-refractivity contribution in [1.82, 2.24) is 4.90 Å². The normalized spacial score (nSPS) is 13.0. The van der Waals surface area contributed by atoms with Gasteiger partial charge in [-0.3, -0.25) is 4.79 Å². The fraction of sp³-hybridized carbons (Fsp3) is 0.350. The van der Waals surface area contributed by atoms with Gasteiger partial charge in [-0.2, -0.15) is 0 Å². The Morgan fingerprint density at radius 1 is 1.12 bits per heavy atom. The van der Waals surface area contributed by atoms with E-state index in [1.54, 1.807) is 16.7 Å². The van der Waals surface area contributed by atoms with Crippen molar-refractivity contribution in [2.24, 2.45) is 0 Å². The summed E-state index contributed by atoms with van der Waals surface area (Å²) in [7, 11) is 1.83. The third-order valence-electron chi connectivity index (χ3n) is 3.85. The predicted molar refractivity (Wildman–Crippen MR) is 101 cm³/mol. The summed E-state index contributed by atoms with van der Waals surface area (Å²) in [5.74, 6) is 1.54. The zero-order valence-electron chi connectivity index (χ0n) is 14.8. The number of fused-ring (bicyclic) bond motifs is 1. The van der Waals surface area contributed by atoms with E-state index in [1.165, 1.54) is 0 Å². The Kier molecular flexibility index (Phi) is 5.53. The van der Waals surface area contributed by atoms with Crippen LogP contribution in [0.3, 0.4) is 0 Å². The number of amides is 1. The molecule has 3 rings (SSSR count). The summed E-state index contributed by atoms with van der Waals surface area (Å²) >= 11 is 1.71. The molecule has 2 aromatic carbocycles. The average Bonchev–Trinajstić information content (AvgIpc) is 2.61. The lowest BCUT2D eigenvalue weighted by atomic mass is 10.1. The molecule has 4 nitrogen and oxygen atoms in total. The zero-order valence-corrected chi connectivity index (χ0v) is 15.6. The first-order chi connectivity index (χ1) is 12.0. The number of rotatable bonds is 5. The third-order valence-corrected chi connectivity index (χ3v) is 4.93. The highest BCUT2D eigenvalue weighted by atomic mass is 32.2. The minimum Gasteiger partial charge on any atom is -0.486 e. The van der Waals surface area contributed by atoms with E-state index in [1.807, 2.05) is 49.5 Å². The van der Waals surface area contributed by atoms with Gasteiger partial charge in [0.25, 0.3) is 5.91 Å². The standard InChI is InChI=1S/C20H23NO3S/c1-14(2)25-19-7-5-4-6-16(19)20(22)21(3)13-15-8-9-17-18(12-15)24-11-10-23-17/h4-9,12,14H,10-11,13H2,1-3H3. The third kappa shape index (κ3) is 4.28. The Balaban J connectivity index is 1.75. The van der Waals surface area contributed by atoms with Crippen LogP contribution in [0.2, 0.25) is 0 Å². The number of thioether (sulfide) groups is 1. The Bertz CT molecular complexity index is 760. The summed E-state index contributed by atoms with van der Waals surface area (Å²) < 4.78 is 11.2. The lowest BCUT2D eigenvalue weighted by Gasteiger charge is -2.22. The van der Waals surface area contributed by atoms with E-state index >= 15 is 0 Å². The van der Waals surface area contributed by atoms with E-state index in [2.05, 4.69) is 13.8 Å². The molecule has 1 aliphatic heterocycles. The summed E-state index contributed by atoms with van der Waals surface area (Å²) in [6.45, 7) is 5.92. The lowest BCUT2D eigenvalue weighted by Crippen LogP contribution is -2.27. The molecule has 0 saturated carbocycles. The van der Waals surface area contributed by atoms with Crippen molar-refractivity contribution in [2.75, 3.05) is 20.3 Å². The largest absolute Gasteiger partial charge is 0.486 e. The summed E-state index contributed by atoms with van der Waals surface area (Å²) in [6, 6.07) is 13.6. The van der Waals surface area contributed by atoms with Crippen molar-refractivity contribution in [3.05, 3.63) is 53.6 Å². The Morgan fingerprint density at radius 3 is 2.60 bits per heavy atom. The number of hydrogen-bond acceptors (Lipinski definition) is 4. The van der Waals surface area contributed by atoms with Gasteiger partial charge in [-0.05, 0) is 29.8 Å². The van der Waals surface area contributed by atoms with Crippen molar-refractivity contribution >= 4 is 17.7 Å². The molecular weight excluding hydrogens is 334 g/mol. The van der Waals surface area contributed by atoms with Gasteiger partial charge in [0.15, 0.2) is 11.5 Å². The van der Waals surface area contributed by atoms with Gasteiger partial charge in [-0.15, -0.1) is 11.8 Å². The highest BCUT2D eigenvalue weighted by Crippen LogP contribution is 2.31. The smallest absolute Gasteiger partial charge is 0.255 e. The molecule has 0 N–H and O–H groups in total. The summed E-state index contributed by atoms with van der Waals surface area (Å²) in [5, 5.41) is 0.428. The van der Waals surface area contributed by atoms with Gasteiger partial charge in [-0.25, -0.2) is 0 Å². The second-order valence-corrected chi connectivity index (χ2v) is 7.92. The maximum atomic E-state index is 12.9. The minimum absolute atomic E-state index is 0.0265. The van der Waals surface area contributed by atoms with Crippen LogP contribution in [0.1, 0.15) is 29.8 Å². The highest BCUT2D eigenvalue weighted by Gasteiger charge is 2.18. The Morgan fingerprint density at radius 2 is 1.84 bits per heavy atom. The van der Waals surface area contributed by atoms with Crippen molar-refractivity contribution in [3.63, 3.8) is 0 Å².